The third-order valence-corrected chi connectivity index (χ3v) is 11.7. The molecular weight excluding hydrogens is 481 g/mol. The summed E-state index contributed by atoms with van der Waals surface area (Å²) in [6, 6.07) is 18.3. The van der Waals surface area contributed by atoms with Crippen molar-refractivity contribution in [2.45, 2.75) is 42.0 Å². The number of thioether (sulfide) groups is 1. The number of aromatic nitrogens is 1. The van der Waals surface area contributed by atoms with E-state index in [0.29, 0.717) is 17.1 Å². The maximum Gasteiger partial charge on any atom is 0.308 e. The normalized spacial score (nSPS) is 27.0. The summed E-state index contributed by atoms with van der Waals surface area (Å²) in [6.45, 7) is 0.0591. The number of nitrogens with zero attached hydrogens (tertiary/aromatic N) is 1. The van der Waals surface area contributed by atoms with E-state index < -0.39 is 0 Å². The predicted molar refractivity (Wildman–Crippen MR) is 141 cm³/mol. The molecule has 7 heteroatoms. The zero-order chi connectivity index (χ0) is 22.8. The van der Waals surface area contributed by atoms with Crippen LogP contribution in [0, 0.1) is 17.8 Å². The van der Waals surface area contributed by atoms with Crippen molar-refractivity contribution in [1.29, 1.82) is 0 Å². The van der Waals surface area contributed by atoms with Gasteiger partial charge in [-0.1, -0.05) is 53.8 Å². The first-order valence-electron chi connectivity index (χ1n) is 11.9. The molecule has 7 rings (SSSR count). The van der Waals surface area contributed by atoms with E-state index in [4.69, 9.17) is 0 Å². The summed E-state index contributed by atoms with van der Waals surface area (Å²) >= 11 is 5.06. The van der Waals surface area contributed by atoms with Crippen LogP contribution in [-0.4, -0.2) is 15.7 Å². The fourth-order valence-corrected chi connectivity index (χ4v) is 10.7. The number of nitrogens with one attached hydrogen (secondary N) is 1. The van der Waals surface area contributed by atoms with Crippen LogP contribution >= 0.6 is 34.4 Å². The summed E-state index contributed by atoms with van der Waals surface area (Å²) in [5.74, 6) is 2.27. The molecule has 2 aliphatic carbocycles. The Morgan fingerprint density at radius 1 is 1.03 bits per heavy atom. The van der Waals surface area contributed by atoms with E-state index >= 15 is 0 Å². The number of thiophene rings is 1. The van der Waals surface area contributed by atoms with Crippen LogP contribution in [-0.2, 0) is 11.3 Å². The number of carbonyl (C=O) groups is 1. The Labute approximate surface area is 210 Å². The summed E-state index contributed by atoms with van der Waals surface area (Å²) in [6.07, 6.45) is 3.96. The molecule has 2 bridgehead atoms. The number of benzene rings is 2. The maximum absolute atomic E-state index is 13.2. The monoisotopic (exact) mass is 504 g/mol. The van der Waals surface area contributed by atoms with Crippen molar-refractivity contribution in [3.8, 4) is 0 Å². The molecule has 2 aromatic carbocycles. The molecule has 2 saturated carbocycles. The lowest BCUT2D eigenvalue weighted by Crippen LogP contribution is -2.34. The van der Waals surface area contributed by atoms with Gasteiger partial charge in [0, 0.05) is 32.0 Å². The van der Waals surface area contributed by atoms with E-state index in [9.17, 15) is 9.59 Å². The first kappa shape index (κ1) is 21.0. The van der Waals surface area contributed by atoms with Crippen molar-refractivity contribution in [3.05, 3.63) is 79.4 Å². The highest BCUT2D eigenvalue weighted by molar-refractivity contribution is 8.00. The molecule has 172 valence electrons. The Bertz CT molecular complexity index is 1450. The Hall–Kier alpha value is -2.35. The summed E-state index contributed by atoms with van der Waals surface area (Å²) in [4.78, 5) is 28.9. The molecule has 4 unspecified atom stereocenters. The Morgan fingerprint density at radius 3 is 2.76 bits per heavy atom. The van der Waals surface area contributed by atoms with Crippen molar-refractivity contribution in [1.82, 2.24) is 4.57 Å². The minimum absolute atomic E-state index is 0.0144. The van der Waals surface area contributed by atoms with Crippen molar-refractivity contribution in [3.63, 3.8) is 0 Å². The molecule has 0 spiro atoms. The zero-order valence-corrected chi connectivity index (χ0v) is 20.9. The third-order valence-electron chi connectivity index (χ3n) is 7.91. The molecule has 3 heterocycles. The highest BCUT2D eigenvalue weighted by Crippen LogP contribution is 2.64. The second kappa shape index (κ2) is 8.11. The van der Waals surface area contributed by atoms with Crippen LogP contribution in [0.2, 0.25) is 0 Å². The Kier molecular flexibility index (Phi) is 5.00. The van der Waals surface area contributed by atoms with Crippen molar-refractivity contribution in [2.75, 3.05) is 5.32 Å². The van der Waals surface area contributed by atoms with Crippen molar-refractivity contribution < 1.29 is 4.79 Å². The standard InChI is InChI=1S/C27H24N2O2S3/c30-21(28-19-8-3-6-15-5-1-2-7-18(15)19)14-29-26-25(34-27(29)31)23(20-9-4-12-32-20)22-16-10-11-17(13-16)24(22)33-26/h1-9,12,16-17,22-24H,10-11,13-14H2,(H,28,30)/t16?,17?,22?,23-,24?/m0/s1. The molecule has 0 radical (unpaired) electrons. The number of amides is 1. The fourth-order valence-electron chi connectivity index (χ4n) is 6.54. The minimum Gasteiger partial charge on any atom is -0.324 e. The summed E-state index contributed by atoms with van der Waals surface area (Å²) < 4.78 is 1.74. The van der Waals surface area contributed by atoms with E-state index in [1.165, 1.54) is 40.4 Å². The van der Waals surface area contributed by atoms with E-state index in [0.717, 1.165) is 33.3 Å². The Morgan fingerprint density at radius 2 is 1.88 bits per heavy atom. The average molecular weight is 505 g/mol. The maximum atomic E-state index is 13.2. The van der Waals surface area contributed by atoms with Gasteiger partial charge in [0.1, 0.15) is 6.54 Å². The van der Waals surface area contributed by atoms with E-state index in [1.807, 2.05) is 65.6 Å². The topological polar surface area (TPSA) is 51.1 Å². The lowest BCUT2D eigenvalue weighted by Gasteiger charge is -2.40. The summed E-state index contributed by atoms with van der Waals surface area (Å²) in [5.41, 5.74) is 0.789. The molecule has 1 amide bonds. The van der Waals surface area contributed by atoms with Crippen molar-refractivity contribution in [2.24, 2.45) is 17.8 Å². The van der Waals surface area contributed by atoms with Crippen molar-refractivity contribution >= 4 is 56.8 Å². The second-order valence-corrected chi connectivity index (χ2v) is 12.8. The van der Waals surface area contributed by atoms with Gasteiger partial charge in [0.25, 0.3) is 0 Å². The largest absolute Gasteiger partial charge is 0.324 e. The van der Waals surface area contributed by atoms with Crippen LogP contribution in [0.5, 0.6) is 0 Å². The highest BCUT2D eigenvalue weighted by Gasteiger charge is 2.55. The SMILES string of the molecule is O=C(Cn1c2c(sc1=O)[C@@H](c1cccs1)C1C3CCC(C3)C1S2)Nc1cccc2ccccc12. The second-order valence-electron chi connectivity index (χ2n) is 9.68. The molecule has 2 fully saturated rings. The smallest absolute Gasteiger partial charge is 0.308 e. The lowest BCUT2D eigenvalue weighted by atomic mass is 9.77. The van der Waals surface area contributed by atoms with E-state index in [-0.39, 0.29) is 17.3 Å². The highest BCUT2D eigenvalue weighted by atomic mass is 32.2. The van der Waals surface area contributed by atoms with E-state index in [1.54, 1.807) is 4.57 Å². The third kappa shape index (κ3) is 3.24. The van der Waals surface area contributed by atoms with Gasteiger partial charge in [0.15, 0.2) is 0 Å². The minimum atomic E-state index is -0.151. The first-order valence-corrected chi connectivity index (χ1v) is 14.5. The van der Waals surface area contributed by atoms with Gasteiger partial charge in [0.2, 0.25) is 5.91 Å². The molecule has 1 N–H and O–H groups in total. The molecule has 5 atom stereocenters. The summed E-state index contributed by atoms with van der Waals surface area (Å²) in [7, 11) is 0. The number of hydrogen-bond acceptors (Lipinski definition) is 5. The van der Waals surface area contributed by atoms with Crippen LogP contribution < -0.4 is 10.2 Å². The van der Waals surface area contributed by atoms with Gasteiger partial charge in [-0.05, 0) is 59.9 Å². The molecule has 2 aromatic heterocycles. The van der Waals surface area contributed by atoms with Crippen LogP contribution in [0.1, 0.15) is 34.9 Å². The zero-order valence-electron chi connectivity index (χ0n) is 18.5. The number of fused-ring (bicyclic) bond motifs is 7. The number of anilines is 1. The molecule has 1 aliphatic heterocycles. The number of thiazole rings is 1. The van der Waals surface area contributed by atoms with Gasteiger partial charge in [-0.3, -0.25) is 14.2 Å². The molecule has 4 nitrogen and oxygen atoms in total. The van der Waals surface area contributed by atoms with Gasteiger partial charge in [-0.25, -0.2) is 0 Å². The lowest BCUT2D eigenvalue weighted by molar-refractivity contribution is -0.116. The van der Waals surface area contributed by atoms with Crippen LogP contribution in [0.15, 0.2) is 69.8 Å². The average Bonchev–Trinajstić information content (AvgIpc) is 3.64. The van der Waals surface area contributed by atoms with Crippen LogP contribution in [0.25, 0.3) is 10.8 Å². The Balaban J connectivity index is 1.24. The number of hydrogen-bond donors (Lipinski definition) is 1. The van der Waals surface area contributed by atoms with E-state index in [2.05, 4.69) is 22.8 Å². The van der Waals surface area contributed by atoms with Crippen LogP contribution in [0.3, 0.4) is 0 Å². The number of rotatable bonds is 4. The fraction of sp³-hybridized carbons (Fsp3) is 0.333. The van der Waals surface area contributed by atoms with Gasteiger partial charge in [0.05, 0.1) is 5.03 Å². The quantitative estimate of drug-likeness (QED) is 0.349. The predicted octanol–water partition coefficient (Wildman–Crippen LogP) is 6.42. The van der Waals surface area contributed by atoms with Gasteiger partial charge < -0.3 is 5.32 Å². The van der Waals surface area contributed by atoms with Gasteiger partial charge >= 0.3 is 4.87 Å². The van der Waals surface area contributed by atoms with Gasteiger partial charge in [-0.2, -0.15) is 0 Å². The molecule has 3 aliphatic rings. The number of carbonyl (C=O) groups excluding carboxylic acids is 1. The molecule has 4 aromatic rings. The molecule has 0 saturated heterocycles. The molecular formula is C27H24N2O2S3. The van der Waals surface area contributed by atoms with Crippen LogP contribution in [0.4, 0.5) is 5.69 Å². The van der Waals surface area contributed by atoms with Gasteiger partial charge in [-0.15, -0.1) is 23.1 Å². The summed E-state index contributed by atoms with van der Waals surface area (Å²) in [5, 5.41) is 8.90. The molecule has 34 heavy (non-hydrogen) atoms. The first-order chi connectivity index (χ1) is 16.7.